The van der Waals surface area contributed by atoms with E-state index in [-0.39, 0.29) is 12.1 Å². The van der Waals surface area contributed by atoms with Crippen molar-refractivity contribution in [3.63, 3.8) is 0 Å². The minimum absolute atomic E-state index is 0.0616. The molecule has 0 rings (SSSR count). The minimum atomic E-state index is -0.200. The molecular formula is C26H52O3. The average Bonchev–Trinajstić information content (AvgIpc) is 2.73. The van der Waals surface area contributed by atoms with Crippen LogP contribution in [0.4, 0.5) is 0 Å². The van der Waals surface area contributed by atoms with Gasteiger partial charge in [0.15, 0.2) is 0 Å². The van der Waals surface area contributed by atoms with Gasteiger partial charge < -0.3 is 0 Å². The second kappa shape index (κ2) is 23.7. The van der Waals surface area contributed by atoms with Gasteiger partial charge in [0.1, 0.15) is 6.10 Å². The van der Waals surface area contributed by atoms with Crippen LogP contribution in [0.25, 0.3) is 0 Å². The van der Waals surface area contributed by atoms with E-state index in [1.165, 1.54) is 96.3 Å². The summed E-state index contributed by atoms with van der Waals surface area (Å²) in [4.78, 5) is 22.1. The Morgan fingerprint density at radius 3 is 1.45 bits per heavy atom. The van der Waals surface area contributed by atoms with Crippen LogP contribution in [0, 0.1) is 0 Å². The first-order valence-electron chi connectivity index (χ1n) is 13.1. The minimum Gasteiger partial charge on any atom is -0.298 e. The van der Waals surface area contributed by atoms with E-state index in [9.17, 15) is 4.79 Å². The molecule has 0 fully saturated rings. The summed E-state index contributed by atoms with van der Waals surface area (Å²) in [5, 5.41) is 0. The zero-order valence-electron chi connectivity index (χ0n) is 20.2. The lowest BCUT2D eigenvalue weighted by atomic mass is 10.0. The lowest BCUT2D eigenvalue weighted by Crippen LogP contribution is -2.15. The van der Waals surface area contributed by atoms with E-state index >= 15 is 0 Å². The van der Waals surface area contributed by atoms with Gasteiger partial charge in [-0.05, 0) is 19.3 Å². The molecule has 0 radical (unpaired) electrons. The number of carbonyl (C=O) groups excluding carboxylic acids is 1. The van der Waals surface area contributed by atoms with E-state index in [1.807, 2.05) is 0 Å². The SMILES string of the molecule is CCCCCCCCCCCCCCCCCC(=O)OOC(CC)CCCCC. The van der Waals surface area contributed by atoms with Gasteiger partial charge in [0.25, 0.3) is 0 Å². The second-order valence-corrected chi connectivity index (χ2v) is 8.78. The number of unbranched alkanes of at least 4 members (excludes halogenated alkanes) is 16. The molecule has 0 aromatic carbocycles. The molecule has 0 heterocycles. The van der Waals surface area contributed by atoms with Crippen LogP contribution in [-0.4, -0.2) is 12.1 Å². The number of hydrogen-bond acceptors (Lipinski definition) is 3. The molecular weight excluding hydrogens is 360 g/mol. The Hall–Kier alpha value is -0.570. The Morgan fingerprint density at radius 2 is 1.00 bits per heavy atom. The highest BCUT2D eigenvalue weighted by Gasteiger charge is 2.11. The zero-order chi connectivity index (χ0) is 21.4. The topological polar surface area (TPSA) is 35.5 Å². The lowest BCUT2D eigenvalue weighted by Gasteiger charge is -2.13. The van der Waals surface area contributed by atoms with Crippen LogP contribution < -0.4 is 0 Å². The molecule has 0 N–H and O–H groups in total. The molecule has 1 unspecified atom stereocenters. The van der Waals surface area contributed by atoms with E-state index < -0.39 is 0 Å². The first-order valence-corrected chi connectivity index (χ1v) is 13.1. The largest absolute Gasteiger partial charge is 0.342 e. The number of rotatable bonds is 23. The van der Waals surface area contributed by atoms with Gasteiger partial charge in [-0.15, -0.1) is 0 Å². The van der Waals surface area contributed by atoms with Crippen molar-refractivity contribution in [2.24, 2.45) is 0 Å². The third-order valence-electron chi connectivity index (χ3n) is 5.85. The van der Waals surface area contributed by atoms with Crippen LogP contribution in [-0.2, 0) is 14.6 Å². The maximum absolute atomic E-state index is 11.8. The van der Waals surface area contributed by atoms with Gasteiger partial charge in [-0.2, -0.15) is 4.89 Å². The molecule has 29 heavy (non-hydrogen) atoms. The Bertz CT molecular complexity index is 330. The van der Waals surface area contributed by atoms with Crippen molar-refractivity contribution in [1.82, 2.24) is 0 Å². The smallest absolute Gasteiger partial charge is 0.298 e. The fraction of sp³-hybridized carbons (Fsp3) is 0.962. The third kappa shape index (κ3) is 21.9. The predicted molar refractivity (Wildman–Crippen MR) is 125 cm³/mol. The standard InChI is InChI=1S/C26H52O3/c1-4-7-9-10-11-12-13-14-15-16-17-18-19-20-22-24-26(27)29-28-25(6-3)23-21-8-5-2/h25H,4-24H2,1-3H3. The summed E-state index contributed by atoms with van der Waals surface area (Å²) in [6.45, 7) is 6.56. The summed E-state index contributed by atoms with van der Waals surface area (Å²) in [7, 11) is 0. The van der Waals surface area contributed by atoms with E-state index in [0.29, 0.717) is 6.42 Å². The predicted octanol–water partition coefficient (Wildman–Crippen LogP) is 9.08. The molecule has 3 nitrogen and oxygen atoms in total. The van der Waals surface area contributed by atoms with E-state index in [1.54, 1.807) is 0 Å². The van der Waals surface area contributed by atoms with Crippen molar-refractivity contribution < 1.29 is 14.6 Å². The molecule has 1 atom stereocenters. The summed E-state index contributed by atoms with van der Waals surface area (Å²) >= 11 is 0. The molecule has 0 aliphatic heterocycles. The Morgan fingerprint density at radius 1 is 0.586 bits per heavy atom. The van der Waals surface area contributed by atoms with E-state index in [2.05, 4.69) is 20.8 Å². The molecule has 0 aliphatic carbocycles. The average molecular weight is 413 g/mol. The Labute approximate surface area is 182 Å². The molecule has 0 bridgehead atoms. The van der Waals surface area contributed by atoms with Crippen LogP contribution in [0.2, 0.25) is 0 Å². The summed E-state index contributed by atoms with van der Waals surface area (Å²) in [6, 6.07) is 0. The molecule has 0 saturated heterocycles. The summed E-state index contributed by atoms with van der Waals surface area (Å²) in [6.07, 6.45) is 26.0. The summed E-state index contributed by atoms with van der Waals surface area (Å²) in [5.41, 5.74) is 0. The zero-order valence-corrected chi connectivity index (χ0v) is 20.2. The molecule has 0 spiro atoms. The monoisotopic (exact) mass is 412 g/mol. The maximum atomic E-state index is 11.8. The van der Waals surface area contributed by atoms with Crippen molar-refractivity contribution in [1.29, 1.82) is 0 Å². The summed E-state index contributed by atoms with van der Waals surface area (Å²) in [5.74, 6) is -0.200. The summed E-state index contributed by atoms with van der Waals surface area (Å²) < 4.78 is 0. The van der Waals surface area contributed by atoms with Crippen molar-refractivity contribution in [3.8, 4) is 0 Å². The highest BCUT2D eigenvalue weighted by molar-refractivity contribution is 5.68. The van der Waals surface area contributed by atoms with Gasteiger partial charge in [-0.25, -0.2) is 4.79 Å². The highest BCUT2D eigenvalue weighted by atomic mass is 17.2. The van der Waals surface area contributed by atoms with Crippen LogP contribution in [0.3, 0.4) is 0 Å². The van der Waals surface area contributed by atoms with Crippen LogP contribution in [0.15, 0.2) is 0 Å². The van der Waals surface area contributed by atoms with E-state index in [4.69, 9.17) is 9.78 Å². The van der Waals surface area contributed by atoms with Gasteiger partial charge in [0, 0.05) is 6.42 Å². The van der Waals surface area contributed by atoms with Crippen molar-refractivity contribution in [2.75, 3.05) is 0 Å². The Kier molecular flexibility index (Phi) is 23.2. The van der Waals surface area contributed by atoms with Crippen LogP contribution in [0.5, 0.6) is 0 Å². The van der Waals surface area contributed by atoms with Crippen LogP contribution >= 0.6 is 0 Å². The quantitative estimate of drug-likeness (QED) is 0.0953. The second-order valence-electron chi connectivity index (χ2n) is 8.78. The van der Waals surface area contributed by atoms with Crippen molar-refractivity contribution in [3.05, 3.63) is 0 Å². The number of hydrogen-bond donors (Lipinski definition) is 0. The van der Waals surface area contributed by atoms with Crippen LogP contribution in [0.1, 0.15) is 156 Å². The van der Waals surface area contributed by atoms with Crippen molar-refractivity contribution in [2.45, 2.75) is 162 Å². The first-order chi connectivity index (χ1) is 14.2. The fourth-order valence-corrected chi connectivity index (χ4v) is 3.75. The molecule has 174 valence electrons. The fourth-order valence-electron chi connectivity index (χ4n) is 3.75. The number of carbonyl (C=O) groups is 1. The van der Waals surface area contributed by atoms with Gasteiger partial charge in [-0.1, -0.05) is 130 Å². The van der Waals surface area contributed by atoms with Gasteiger partial charge in [-0.3, -0.25) is 4.89 Å². The van der Waals surface area contributed by atoms with Gasteiger partial charge >= 0.3 is 5.97 Å². The molecule has 0 aromatic heterocycles. The maximum Gasteiger partial charge on any atom is 0.342 e. The Balaban J connectivity index is 3.30. The molecule has 0 aliphatic rings. The molecule has 3 heteroatoms. The third-order valence-corrected chi connectivity index (χ3v) is 5.85. The first kappa shape index (κ1) is 28.4. The normalized spacial score (nSPS) is 12.2. The van der Waals surface area contributed by atoms with Gasteiger partial charge in [0.2, 0.25) is 0 Å². The molecule has 0 aromatic rings. The lowest BCUT2D eigenvalue weighted by molar-refractivity contribution is -0.299. The molecule has 0 saturated carbocycles. The molecule has 0 amide bonds. The van der Waals surface area contributed by atoms with Gasteiger partial charge in [0.05, 0.1) is 0 Å². The van der Waals surface area contributed by atoms with Crippen molar-refractivity contribution >= 4 is 5.97 Å². The highest BCUT2D eigenvalue weighted by Crippen LogP contribution is 2.14. The van der Waals surface area contributed by atoms with E-state index in [0.717, 1.165) is 32.1 Å².